The first kappa shape index (κ1) is 14.4. The fraction of sp³-hybridized carbons (Fsp3) is 0.778. The number of hydrogen-bond donors (Lipinski definition) is 2. The van der Waals surface area contributed by atoms with Crippen LogP contribution in [-0.4, -0.2) is 28.6 Å². The minimum atomic E-state index is -2.83. The molecule has 0 radical (unpaired) electrons. The largest absolute Gasteiger partial charge is 0.536 e. The average Bonchev–Trinajstić information content (AvgIpc) is 2.17. The zero-order valence-electron chi connectivity index (χ0n) is 10.0. The van der Waals surface area contributed by atoms with Crippen LogP contribution in [0.25, 0.3) is 0 Å². The van der Waals surface area contributed by atoms with Crippen molar-refractivity contribution in [2.45, 2.75) is 27.7 Å². The molecule has 6 heteroatoms. The third kappa shape index (κ3) is 3.82. The second kappa shape index (κ2) is 6.84. The van der Waals surface area contributed by atoms with Crippen molar-refractivity contribution in [2.24, 2.45) is 11.5 Å². The molecule has 4 N–H and O–H groups in total. The molecule has 0 amide bonds. The second-order valence-electron chi connectivity index (χ2n) is 2.94. The van der Waals surface area contributed by atoms with Gasteiger partial charge in [-0.2, -0.15) is 0 Å². The Morgan fingerprint density at radius 1 is 0.933 bits per heavy atom. The van der Waals surface area contributed by atoms with Crippen LogP contribution in [0.1, 0.15) is 27.7 Å². The Hall–Kier alpha value is -0.563. The smallest absolute Gasteiger partial charge is 0.386 e. The van der Waals surface area contributed by atoms with E-state index in [4.69, 9.17) is 24.7 Å². The minimum Gasteiger partial charge on any atom is -0.386 e. The Morgan fingerprint density at radius 2 is 1.27 bits per heavy atom. The van der Waals surface area contributed by atoms with Crippen LogP contribution in [0.5, 0.6) is 0 Å². The van der Waals surface area contributed by atoms with Gasteiger partial charge in [0.05, 0.1) is 5.82 Å². The first-order valence-electron chi connectivity index (χ1n) is 5.18. The molecule has 0 aromatic carbocycles. The molecular weight excluding hydrogens is 212 g/mol. The molecule has 0 spiro atoms. The lowest BCUT2D eigenvalue weighted by Gasteiger charge is -2.29. The van der Waals surface area contributed by atoms with Gasteiger partial charge in [0.1, 0.15) is 0 Å². The van der Waals surface area contributed by atoms with Crippen LogP contribution in [0.4, 0.5) is 0 Å². The molecule has 0 aromatic heterocycles. The summed E-state index contributed by atoms with van der Waals surface area (Å²) in [6.45, 7) is 8.99. The quantitative estimate of drug-likeness (QED) is 0.635. The molecule has 0 aliphatic carbocycles. The van der Waals surface area contributed by atoms with Gasteiger partial charge in [-0.1, -0.05) is 0 Å². The van der Waals surface area contributed by atoms with Crippen molar-refractivity contribution in [3.05, 3.63) is 11.0 Å². The van der Waals surface area contributed by atoms with Crippen LogP contribution in [0.3, 0.4) is 0 Å². The summed E-state index contributed by atoms with van der Waals surface area (Å²) in [6.07, 6.45) is 0. The zero-order valence-corrected chi connectivity index (χ0v) is 11.0. The normalized spacial score (nSPS) is 11.5. The number of allylic oxidation sites excluding steroid dienone is 1. The molecular formula is C9H22N2O3Si. The lowest BCUT2D eigenvalue weighted by molar-refractivity contribution is 0.0804. The first-order chi connectivity index (χ1) is 7.04. The summed E-state index contributed by atoms with van der Waals surface area (Å²) in [5.74, 6) is 0.219. The molecule has 0 atom stereocenters. The average molecular weight is 234 g/mol. The third-order valence-electron chi connectivity index (χ3n) is 1.90. The van der Waals surface area contributed by atoms with E-state index < -0.39 is 8.80 Å². The van der Waals surface area contributed by atoms with Crippen LogP contribution in [0.2, 0.25) is 0 Å². The highest BCUT2D eigenvalue weighted by atomic mass is 28.4. The van der Waals surface area contributed by atoms with Gasteiger partial charge in [0.15, 0.2) is 0 Å². The fourth-order valence-electron chi connectivity index (χ4n) is 1.20. The molecule has 0 heterocycles. The van der Waals surface area contributed by atoms with Gasteiger partial charge in [-0.15, -0.1) is 0 Å². The van der Waals surface area contributed by atoms with E-state index in [9.17, 15) is 0 Å². The molecule has 0 rings (SSSR count). The molecule has 15 heavy (non-hydrogen) atoms. The Labute approximate surface area is 92.7 Å². The number of hydrogen-bond acceptors (Lipinski definition) is 5. The Bertz CT molecular complexity index is 200. The SMILES string of the molecule is CCO[Si](OCC)(OCC)C(C)=C(N)N. The van der Waals surface area contributed by atoms with Gasteiger partial charge in [-0.3, -0.25) is 0 Å². The predicted octanol–water partition coefficient (Wildman–Crippen LogP) is 0.723. The predicted molar refractivity (Wildman–Crippen MR) is 61.7 cm³/mol. The number of nitrogens with two attached hydrogens (primary N) is 2. The lowest BCUT2D eigenvalue weighted by Crippen LogP contribution is -2.49. The maximum absolute atomic E-state index is 5.61. The standard InChI is InChI=1S/C9H22N2O3Si/c1-5-12-15(13-6-2,14-7-3)8(4)9(10)11/h5-7,10-11H2,1-4H3. The zero-order chi connectivity index (χ0) is 11.9. The summed E-state index contributed by atoms with van der Waals surface area (Å²) in [4.78, 5) is 0. The van der Waals surface area contributed by atoms with Crippen LogP contribution in [0.15, 0.2) is 11.0 Å². The van der Waals surface area contributed by atoms with Gasteiger partial charge in [0, 0.05) is 25.0 Å². The lowest BCUT2D eigenvalue weighted by atomic mass is 10.6. The van der Waals surface area contributed by atoms with Crippen molar-refractivity contribution in [3.8, 4) is 0 Å². The fourth-order valence-corrected chi connectivity index (χ4v) is 3.59. The van der Waals surface area contributed by atoms with E-state index in [-0.39, 0.29) is 5.82 Å². The summed E-state index contributed by atoms with van der Waals surface area (Å²) >= 11 is 0. The molecule has 5 nitrogen and oxygen atoms in total. The van der Waals surface area contributed by atoms with E-state index in [1.807, 2.05) is 20.8 Å². The highest BCUT2D eigenvalue weighted by Crippen LogP contribution is 2.20. The molecule has 0 aliphatic rings. The van der Waals surface area contributed by atoms with Crippen LogP contribution in [0, 0.1) is 0 Å². The Morgan fingerprint density at radius 3 is 1.47 bits per heavy atom. The van der Waals surface area contributed by atoms with E-state index in [2.05, 4.69) is 0 Å². The van der Waals surface area contributed by atoms with Gasteiger partial charge >= 0.3 is 8.80 Å². The molecule has 0 aromatic rings. The van der Waals surface area contributed by atoms with E-state index >= 15 is 0 Å². The molecule has 0 saturated heterocycles. The van der Waals surface area contributed by atoms with Crippen molar-refractivity contribution < 1.29 is 13.3 Å². The van der Waals surface area contributed by atoms with Crippen LogP contribution < -0.4 is 11.5 Å². The summed E-state index contributed by atoms with van der Waals surface area (Å²) in [5.41, 5.74) is 11.1. The van der Waals surface area contributed by atoms with E-state index in [0.717, 1.165) is 0 Å². The Balaban J connectivity index is 5.00. The van der Waals surface area contributed by atoms with E-state index in [1.165, 1.54) is 0 Å². The highest BCUT2D eigenvalue weighted by Gasteiger charge is 2.44. The van der Waals surface area contributed by atoms with Crippen molar-refractivity contribution in [1.82, 2.24) is 0 Å². The molecule has 0 unspecified atom stereocenters. The minimum absolute atomic E-state index is 0.219. The van der Waals surface area contributed by atoms with Crippen molar-refractivity contribution in [3.63, 3.8) is 0 Å². The first-order valence-corrected chi connectivity index (χ1v) is 6.90. The maximum Gasteiger partial charge on any atom is 0.536 e. The van der Waals surface area contributed by atoms with Gasteiger partial charge in [0.2, 0.25) is 0 Å². The molecule has 0 aliphatic heterocycles. The third-order valence-corrected chi connectivity index (χ3v) is 5.11. The summed E-state index contributed by atoms with van der Waals surface area (Å²) in [6, 6.07) is 0. The molecule has 0 saturated carbocycles. The monoisotopic (exact) mass is 234 g/mol. The summed E-state index contributed by atoms with van der Waals surface area (Å²) in [7, 11) is -2.83. The molecule has 0 fully saturated rings. The summed E-state index contributed by atoms with van der Waals surface area (Å²) in [5, 5.41) is 0.688. The molecule has 90 valence electrons. The maximum atomic E-state index is 5.61. The van der Waals surface area contributed by atoms with Crippen molar-refractivity contribution >= 4 is 8.80 Å². The van der Waals surface area contributed by atoms with E-state index in [0.29, 0.717) is 25.0 Å². The van der Waals surface area contributed by atoms with Gasteiger partial charge in [-0.25, -0.2) is 0 Å². The van der Waals surface area contributed by atoms with Crippen LogP contribution >= 0.6 is 0 Å². The Kier molecular flexibility index (Phi) is 6.58. The topological polar surface area (TPSA) is 79.7 Å². The van der Waals surface area contributed by atoms with Gasteiger partial charge in [-0.05, 0) is 27.7 Å². The second-order valence-corrected chi connectivity index (χ2v) is 5.66. The van der Waals surface area contributed by atoms with Gasteiger partial charge < -0.3 is 24.7 Å². The summed E-state index contributed by atoms with van der Waals surface area (Å²) < 4.78 is 16.8. The highest BCUT2D eigenvalue weighted by molar-refractivity contribution is 6.68. The van der Waals surface area contributed by atoms with Crippen LogP contribution in [-0.2, 0) is 13.3 Å². The number of rotatable bonds is 7. The van der Waals surface area contributed by atoms with Gasteiger partial charge in [0.25, 0.3) is 0 Å². The van der Waals surface area contributed by atoms with E-state index in [1.54, 1.807) is 6.92 Å². The molecule has 0 bridgehead atoms. The van der Waals surface area contributed by atoms with Crippen molar-refractivity contribution in [1.29, 1.82) is 0 Å². The van der Waals surface area contributed by atoms with Crippen molar-refractivity contribution in [2.75, 3.05) is 19.8 Å².